The van der Waals surface area contributed by atoms with E-state index in [-0.39, 0.29) is 0 Å². The highest BCUT2D eigenvalue weighted by Crippen LogP contribution is 2.32. The summed E-state index contributed by atoms with van der Waals surface area (Å²) in [6.07, 6.45) is 8.45. The molecule has 0 radical (unpaired) electrons. The van der Waals surface area contributed by atoms with Crippen LogP contribution in [0.1, 0.15) is 44.6 Å². The molecular weight excluding hydrogens is 304 g/mol. The minimum absolute atomic E-state index is 0.332. The average molecular weight is 324 g/mol. The van der Waals surface area contributed by atoms with Gasteiger partial charge in [-0.25, -0.2) is 8.42 Å². The lowest BCUT2D eigenvalue weighted by Gasteiger charge is -2.17. The van der Waals surface area contributed by atoms with Crippen LogP contribution < -0.4 is 0 Å². The maximum absolute atomic E-state index is 11.9. The van der Waals surface area contributed by atoms with E-state index < -0.39 is 9.84 Å². The molecule has 1 saturated carbocycles. The fraction of sp³-hybridized carbons (Fsp3) is 0.533. The molecule has 0 spiro atoms. The number of para-hydroxylation sites is 1. The summed E-state index contributed by atoms with van der Waals surface area (Å²) < 4.78 is 26.6. The molecule has 3 rings (SSSR count). The normalized spacial score (nSPS) is 18.0. The fourth-order valence-electron chi connectivity index (χ4n) is 3.31. The number of sulfone groups is 1. The molecule has 1 aliphatic rings. The van der Waals surface area contributed by atoms with E-state index in [2.05, 4.69) is 9.55 Å². The first kappa shape index (κ1) is 14.8. The summed E-state index contributed by atoms with van der Waals surface area (Å²) in [5.41, 5.74) is 1.56. The molecule has 1 fully saturated rings. The molecule has 114 valence electrons. The third-order valence-corrected chi connectivity index (χ3v) is 5.74. The Morgan fingerprint density at radius 3 is 2.48 bits per heavy atom. The van der Waals surface area contributed by atoms with Crippen LogP contribution in [-0.2, 0) is 9.84 Å². The molecule has 4 nitrogen and oxygen atoms in total. The van der Waals surface area contributed by atoms with E-state index in [0.717, 1.165) is 18.4 Å². The first-order valence-electron chi connectivity index (χ1n) is 7.42. The number of imidazole rings is 1. The van der Waals surface area contributed by atoms with Gasteiger partial charge in [-0.2, -0.15) is 0 Å². The molecule has 1 N–H and O–H groups in total. The van der Waals surface area contributed by atoms with Crippen molar-refractivity contribution in [3.8, 4) is 0 Å². The third kappa shape index (κ3) is 2.79. The molecule has 2 aromatic rings. The van der Waals surface area contributed by atoms with E-state index in [0.29, 0.717) is 21.2 Å². The van der Waals surface area contributed by atoms with Gasteiger partial charge in [-0.05, 0) is 37.2 Å². The SMILES string of the molecule is CS(=O)(=O)c1cccc2c1[nH]c(=S)n2C1CCCCCC1. The molecule has 0 bridgehead atoms. The molecule has 1 aromatic carbocycles. The van der Waals surface area contributed by atoms with Crippen molar-refractivity contribution in [2.45, 2.75) is 49.5 Å². The summed E-state index contributed by atoms with van der Waals surface area (Å²) in [5, 5.41) is 0. The highest BCUT2D eigenvalue weighted by Gasteiger charge is 2.20. The fourth-order valence-corrected chi connectivity index (χ4v) is 4.51. The highest BCUT2D eigenvalue weighted by molar-refractivity contribution is 7.91. The van der Waals surface area contributed by atoms with Gasteiger partial charge in [0.2, 0.25) is 0 Å². The van der Waals surface area contributed by atoms with Crippen LogP contribution in [0.25, 0.3) is 11.0 Å². The Hall–Kier alpha value is -1.14. The predicted octanol–water partition coefficient (Wildman–Crippen LogP) is 4.00. The number of H-pyrrole nitrogens is 1. The summed E-state index contributed by atoms with van der Waals surface area (Å²) in [6, 6.07) is 5.78. The Labute approximate surface area is 130 Å². The second kappa shape index (κ2) is 5.57. The van der Waals surface area contributed by atoms with Crippen LogP contribution in [0.15, 0.2) is 23.1 Å². The molecule has 1 aromatic heterocycles. The van der Waals surface area contributed by atoms with Crippen molar-refractivity contribution in [2.24, 2.45) is 0 Å². The van der Waals surface area contributed by atoms with Gasteiger partial charge in [-0.1, -0.05) is 31.7 Å². The number of hydrogen-bond donors (Lipinski definition) is 1. The van der Waals surface area contributed by atoms with Crippen LogP contribution in [0.4, 0.5) is 0 Å². The lowest BCUT2D eigenvalue weighted by molar-refractivity contribution is 0.450. The van der Waals surface area contributed by atoms with E-state index in [9.17, 15) is 8.42 Å². The summed E-state index contributed by atoms with van der Waals surface area (Å²) in [7, 11) is -3.26. The Kier molecular flexibility index (Phi) is 3.92. The van der Waals surface area contributed by atoms with Crippen molar-refractivity contribution >= 4 is 33.1 Å². The minimum atomic E-state index is -3.26. The van der Waals surface area contributed by atoms with E-state index in [1.165, 1.54) is 31.9 Å². The first-order chi connectivity index (χ1) is 9.98. The van der Waals surface area contributed by atoms with Gasteiger partial charge in [0.1, 0.15) is 0 Å². The summed E-state index contributed by atoms with van der Waals surface area (Å²) in [6.45, 7) is 0. The van der Waals surface area contributed by atoms with Crippen molar-refractivity contribution < 1.29 is 8.42 Å². The predicted molar refractivity (Wildman–Crippen MR) is 87.0 cm³/mol. The lowest BCUT2D eigenvalue weighted by Crippen LogP contribution is -2.08. The molecular formula is C15H20N2O2S2. The molecule has 1 aliphatic carbocycles. The summed E-state index contributed by atoms with van der Waals surface area (Å²) >= 11 is 5.47. The zero-order valence-corrected chi connectivity index (χ0v) is 13.8. The van der Waals surface area contributed by atoms with Gasteiger partial charge in [0.25, 0.3) is 0 Å². The number of aromatic nitrogens is 2. The highest BCUT2D eigenvalue weighted by atomic mass is 32.2. The van der Waals surface area contributed by atoms with Crippen molar-refractivity contribution in [3.63, 3.8) is 0 Å². The molecule has 0 aliphatic heterocycles. The van der Waals surface area contributed by atoms with Crippen LogP contribution in [0, 0.1) is 4.77 Å². The van der Waals surface area contributed by atoms with Gasteiger partial charge in [-0.15, -0.1) is 0 Å². The number of nitrogens with one attached hydrogen (secondary N) is 1. The summed E-state index contributed by atoms with van der Waals surface area (Å²) in [4.78, 5) is 3.45. The largest absolute Gasteiger partial charge is 0.329 e. The molecule has 0 atom stereocenters. The van der Waals surface area contributed by atoms with Crippen molar-refractivity contribution in [1.82, 2.24) is 9.55 Å². The third-order valence-electron chi connectivity index (χ3n) is 4.30. The van der Waals surface area contributed by atoms with Gasteiger partial charge in [-0.3, -0.25) is 0 Å². The Balaban J connectivity index is 2.20. The van der Waals surface area contributed by atoms with Gasteiger partial charge < -0.3 is 9.55 Å². The number of rotatable bonds is 2. The van der Waals surface area contributed by atoms with Gasteiger partial charge in [0, 0.05) is 12.3 Å². The lowest BCUT2D eigenvalue weighted by atomic mass is 10.1. The van der Waals surface area contributed by atoms with E-state index >= 15 is 0 Å². The standard InChI is InChI=1S/C15H20N2O2S2/c1-21(18,19)13-10-6-9-12-14(13)16-15(20)17(12)11-7-4-2-3-5-8-11/h6,9-11H,2-5,7-8H2,1H3,(H,16,20). The number of fused-ring (bicyclic) bond motifs is 1. The Morgan fingerprint density at radius 2 is 1.86 bits per heavy atom. The maximum atomic E-state index is 11.9. The summed E-state index contributed by atoms with van der Waals surface area (Å²) in [5.74, 6) is 0. The van der Waals surface area contributed by atoms with Gasteiger partial charge in [0.05, 0.1) is 15.9 Å². The van der Waals surface area contributed by atoms with Crippen LogP contribution in [0.5, 0.6) is 0 Å². The van der Waals surface area contributed by atoms with E-state index in [4.69, 9.17) is 12.2 Å². The van der Waals surface area contributed by atoms with Crippen LogP contribution in [0.3, 0.4) is 0 Å². The quantitative estimate of drug-likeness (QED) is 0.671. The topological polar surface area (TPSA) is 54.9 Å². The molecule has 6 heteroatoms. The molecule has 21 heavy (non-hydrogen) atoms. The van der Waals surface area contributed by atoms with Crippen molar-refractivity contribution in [1.29, 1.82) is 0 Å². The van der Waals surface area contributed by atoms with Gasteiger partial charge in [0.15, 0.2) is 14.6 Å². The Bertz CT molecular complexity index is 810. The van der Waals surface area contributed by atoms with Crippen molar-refractivity contribution in [2.75, 3.05) is 6.26 Å². The van der Waals surface area contributed by atoms with E-state index in [1.807, 2.05) is 6.07 Å². The number of nitrogens with zero attached hydrogens (tertiary/aromatic N) is 1. The smallest absolute Gasteiger partial charge is 0.178 e. The zero-order valence-electron chi connectivity index (χ0n) is 12.1. The second-order valence-electron chi connectivity index (χ2n) is 5.87. The van der Waals surface area contributed by atoms with Crippen LogP contribution in [-0.4, -0.2) is 24.2 Å². The zero-order chi connectivity index (χ0) is 15.0. The maximum Gasteiger partial charge on any atom is 0.178 e. The average Bonchev–Trinajstić information content (AvgIpc) is 2.61. The molecule has 0 amide bonds. The monoisotopic (exact) mass is 324 g/mol. The first-order valence-corrected chi connectivity index (χ1v) is 9.72. The second-order valence-corrected chi connectivity index (χ2v) is 8.24. The van der Waals surface area contributed by atoms with Crippen molar-refractivity contribution in [3.05, 3.63) is 23.0 Å². The number of benzene rings is 1. The molecule has 0 unspecified atom stereocenters. The number of aromatic amines is 1. The molecule has 0 saturated heterocycles. The molecule has 1 heterocycles. The van der Waals surface area contributed by atoms with Crippen LogP contribution >= 0.6 is 12.2 Å². The van der Waals surface area contributed by atoms with Crippen LogP contribution in [0.2, 0.25) is 0 Å². The van der Waals surface area contributed by atoms with E-state index in [1.54, 1.807) is 12.1 Å². The number of hydrogen-bond acceptors (Lipinski definition) is 3. The Morgan fingerprint density at radius 1 is 1.19 bits per heavy atom. The van der Waals surface area contributed by atoms with Gasteiger partial charge >= 0.3 is 0 Å². The minimum Gasteiger partial charge on any atom is -0.329 e.